The zero-order valence-corrected chi connectivity index (χ0v) is 17.7. The number of amides is 1. The van der Waals surface area contributed by atoms with Crippen LogP contribution in [0.15, 0.2) is 60.9 Å². The lowest BCUT2D eigenvalue weighted by Gasteiger charge is -2.28. The summed E-state index contributed by atoms with van der Waals surface area (Å²) in [5, 5.41) is 7.65. The molecule has 1 aliphatic heterocycles. The Morgan fingerprint density at radius 2 is 1.80 bits per heavy atom. The predicted molar refractivity (Wildman–Crippen MR) is 118 cm³/mol. The van der Waals surface area contributed by atoms with Gasteiger partial charge in [-0.05, 0) is 49.5 Å². The molecule has 30 heavy (non-hydrogen) atoms. The third-order valence-corrected chi connectivity index (χ3v) is 5.69. The van der Waals surface area contributed by atoms with E-state index in [-0.39, 0.29) is 17.9 Å². The number of nitrogens with zero attached hydrogens (tertiary/aromatic N) is 4. The fourth-order valence-electron chi connectivity index (χ4n) is 4.22. The van der Waals surface area contributed by atoms with E-state index in [9.17, 15) is 4.79 Å². The summed E-state index contributed by atoms with van der Waals surface area (Å²) in [6.45, 7) is 6.87. The summed E-state index contributed by atoms with van der Waals surface area (Å²) >= 11 is 0. The summed E-state index contributed by atoms with van der Waals surface area (Å²) in [7, 11) is 0. The molecule has 3 aromatic rings. The Morgan fingerprint density at radius 1 is 1.07 bits per heavy atom. The van der Waals surface area contributed by atoms with Crippen LogP contribution < -0.4 is 5.32 Å². The van der Waals surface area contributed by atoms with E-state index >= 15 is 0 Å². The molecular formula is C24H29N5O. The predicted octanol–water partition coefficient (Wildman–Crippen LogP) is 3.96. The summed E-state index contributed by atoms with van der Waals surface area (Å²) < 4.78 is 1.77. The molecule has 0 aliphatic carbocycles. The molecule has 1 unspecified atom stereocenters. The molecule has 3 heterocycles. The summed E-state index contributed by atoms with van der Waals surface area (Å²) in [6.07, 6.45) is 5.82. The van der Waals surface area contributed by atoms with Crippen molar-refractivity contribution in [2.75, 3.05) is 19.6 Å². The van der Waals surface area contributed by atoms with Crippen molar-refractivity contribution in [1.29, 1.82) is 0 Å². The molecule has 0 spiro atoms. The van der Waals surface area contributed by atoms with Crippen LogP contribution in [0.2, 0.25) is 0 Å². The van der Waals surface area contributed by atoms with E-state index in [1.807, 2.05) is 24.3 Å². The van der Waals surface area contributed by atoms with Gasteiger partial charge in [0.1, 0.15) is 0 Å². The standard InChI is InChI=1S/C24H29N5O/c1-18(2)23-20(16-27-29(23)22-12-6-7-13-25-22)24(30)26-17-21(28-14-8-9-15-28)19-10-4-3-5-11-19/h3-7,10-13,16,18,21H,8-9,14-15,17H2,1-2H3,(H,26,30). The second-order valence-corrected chi connectivity index (χ2v) is 8.08. The minimum Gasteiger partial charge on any atom is -0.350 e. The maximum absolute atomic E-state index is 13.2. The number of hydrogen-bond donors (Lipinski definition) is 1. The van der Waals surface area contributed by atoms with Crippen LogP contribution >= 0.6 is 0 Å². The molecule has 1 fully saturated rings. The topological polar surface area (TPSA) is 63.1 Å². The van der Waals surface area contributed by atoms with Crippen LogP contribution in [0, 0.1) is 0 Å². The highest BCUT2D eigenvalue weighted by molar-refractivity contribution is 5.95. The molecule has 1 N–H and O–H groups in total. The summed E-state index contributed by atoms with van der Waals surface area (Å²) in [5.74, 6) is 0.777. The van der Waals surface area contributed by atoms with Gasteiger partial charge in [-0.25, -0.2) is 9.67 Å². The zero-order valence-electron chi connectivity index (χ0n) is 17.7. The van der Waals surface area contributed by atoms with Gasteiger partial charge in [0, 0.05) is 12.7 Å². The quantitative estimate of drug-likeness (QED) is 0.649. The van der Waals surface area contributed by atoms with Crippen LogP contribution in [0.4, 0.5) is 0 Å². The first kappa shape index (κ1) is 20.3. The van der Waals surface area contributed by atoms with Crippen LogP contribution in [0.5, 0.6) is 0 Å². The first-order valence-electron chi connectivity index (χ1n) is 10.7. The lowest BCUT2D eigenvalue weighted by molar-refractivity contribution is 0.0936. The Balaban J connectivity index is 1.55. The average Bonchev–Trinajstić information content (AvgIpc) is 3.46. The molecule has 0 saturated carbocycles. The van der Waals surface area contributed by atoms with Gasteiger partial charge in [0.15, 0.2) is 5.82 Å². The summed E-state index contributed by atoms with van der Waals surface area (Å²) in [5.41, 5.74) is 2.74. The monoisotopic (exact) mass is 403 g/mol. The van der Waals surface area contributed by atoms with E-state index < -0.39 is 0 Å². The van der Waals surface area contributed by atoms with E-state index in [1.54, 1.807) is 17.1 Å². The first-order chi connectivity index (χ1) is 14.6. The van der Waals surface area contributed by atoms with Gasteiger partial charge in [0.25, 0.3) is 5.91 Å². The number of hydrogen-bond acceptors (Lipinski definition) is 4. The molecule has 2 aromatic heterocycles. The third-order valence-electron chi connectivity index (χ3n) is 5.69. The molecule has 6 nitrogen and oxygen atoms in total. The zero-order chi connectivity index (χ0) is 20.9. The molecule has 0 radical (unpaired) electrons. The average molecular weight is 404 g/mol. The Morgan fingerprint density at radius 3 is 2.47 bits per heavy atom. The van der Waals surface area contributed by atoms with Gasteiger partial charge in [-0.15, -0.1) is 0 Å². The minimum atomic E-state index is -0.0824. The lowest BCUT2D eigenvalue weighted by atomic mass is 10.0. The van der Waals surface area contributed by atoms with E-state index in [0.29, 0.717) is 12.1 Å². The highest BCUT2D eigenvalue weighted by atomic mass is 16.1. The molecule has 1 amide bonds. The molecule has 4 rings (SSSR count). The molecule has 1 aliphatic rings. The van der Waals surface area contributed by atoms with Gasteiger partial charge in [-0.2, -0.15) is 5.10 Å². The lowest BCUT2D eigenvalue weighted by Crippen LogP contribution is -2.37. The Hall–Kier alpha value is -2.99. The Labute approximate surface area is 177 Å². The highest BCUT2D eigenvalue weighted by Gasteiger charge is 2.26. The van der Waals surface area contributed by atoms with Crippen LogP contribution in [-0.2, 0) is 0 Å². The van der Waals surface area contributed by atoms with E-state index in [4.69, 9.17) is 0 Å². The van der Waals surface area contributed by atoms with Gasteiger partial charge >= 0.3 is 0 Å². The fraction of sp³-hybridized carbons (Fsp3) is 0.375. The van der Waals surface area contributed by atoms with Crippen molar-refractivity contribution in [2.24, 2.45) is 0 Å². The van der Waals surface area contributed by atoms with Crippen LogP contribution in [0.3, 0.4) is 0 Å². The molecule has 1 atom stereocenters. The Kier molecular flexibility index (Phi) is 6.23. The smallest absolute Gasteiger partial charge is 0.254 e. The number of pyridine rings is 1. The number of likely N-dealkylation sites (tertiary alicyclic amines) is 1. The van der Waals surface area contributed by atoms with Gasteiger partial charge in [0.2, 0.25) is 0 Å². The number of carbonyl (C=O) groups excluding carboxylic acids is 1. The van der Waals surface area contributed by atoms with E-state index in [1.165, 1.54) is 18.4 Å². The van der Waals surface area contributed by atoms with Gasteiger partial charge in [0.05, 0.1) is 23.5 Å². The third kappa shape index (κ3) is 4.28. The number of benzene rings is 1. The fourth-order valence-corrected chi connectivity index (χ4v) is 4.22. The van der Waals surface area contributed by atoms with Crippen LogP contribution in [-0.4, -0.2) is 45.2 Å². The van der Waals surface area contributed by atoms with Crippen molar-refractivity contribution in [2.45, 2.75) is 38.6 Å². The summed E-state index contributed by atoms with van der Waals surface area (Å²) in [4.78, 5) is 20.0. The Bertz CT molecular complexity index is 962. The van der Waals surface area contributed by atoms with Crippen LogP contribution in [0.1, 0.15) is 60.3 Å². The van der Waals surface area contributed by atoms with Crippen molar-refractivity contribution >= 4 is 5.91 Å². The normalized spacial score (nSPS) is 15.4. The SMILES string of the molecule is CC(C)c1c(C(=O)NCC(c2ccccc2)N2CCCC2)cnn1-c1ccccn1. The molecular weight excluding hydrogens is 374 g/mol. The minimum absolute atomic E-state index is 0.0824. The molecule has 6 heteroatoms. The van der Waals surface area contributed by atoms with Crippen molar-refractivity contribution < 1.29 is 4.79 Å². The van der Waals surface area contributed by atoms with E-state index in [0.717, 1.165) is 24.6 Å². The molecule has 1 aromatic carbocycles. The maximum atomic E-state index is 13.2. The summed E-state index contributed by atoms with van der Waals surface area (Å²) in [6, 6.07) is 16.3. The largest absolute Gasteiger partial charge is 0.350 e. The van der Waals surface area contributed by atoms with Gasteiger partial charge in [-0.1, -0.05) is 50.2 Å². The molecule has 156 valence electrons. The van der Waals surface area contributed by atoms with Gasteiger partial charge in [-0.3, -0.25) is 9.69 Å². The van der Waals surface area contributed by atoms with Crippen LogP contribution in [0.25, 0.3) is 5.82 Å². The van der Waals surface area contributed by atoms with Crippen molar-refractivity contribution in [1.82, 2.24) is 25.0 Å². The number of carbonyl (C=O) groups is 1. The molecule has 1 saturated heterocycles. The molecule has 0 bridgehead atoms. The number of nitrogens with one attached hydrogen (secondary N) is 1. The second kappa shape index (κ2) is 9.22. The second-order valence-electron chi connectivity index (χ2n) is 8.08. The van der Waals surface area contributed by atoms with Crippen molar-refractivity contribution in [3.05, 3.63) is 77.7 Å². The van der Waals surface area contributed by atoms with Gasteiger partial charge < -0.3 is 5.32 Å². The maximum Gasteiger partial charge on any atom is 0.254 e. The van der Waals surface area contributed by atoms with Crippen molar-refractivity contribution in [3.8, 4) is 5.82 Å². The highest BCUT2D eigenvalue weighted by Crippen LogP contribution is 2.25. The number of rotatable bonds is 7. The van der Waals surface area contributed by atoms with Crippen molar-refractivity contribution in [3.63, 3.8) is 0 Å². The first-order valence-corrected chi connectivity index (χ1v) is 10.7. The number of aromatic nitrogens is 3. The van der Waals surface area contributed by atoms with E-state index in [2.05, 4.69) is 58.4 Å².